The van der Waals surface area contributed by atoms with Crippen molar-refractivity contribution in [1.82, 2.24) is 4.72 Å². The Labute approximate surface area is 141 Å². The SMILES string of the molecule is COC(=O)c1ccc(C)c(S(=O)(=O)NC2CCC(C(=O)O)CC2)c1. The largest absolute Gasteiger partial charge is 0.481 e. The van der Waals surface area contributed by atoms with Crippen LogP contribution in [0.4, 0.5) is 0 Å². The number of rotatable bonds is 5. The number of carbonyl (C=O) groups is 2. The summed E-state index contributed by atoms with van der Waals surface area (Å²) >= 11 is 0. The Hall–Kier alpha value is -1.93. The van der Waals surface area contributed by atoms with E-state index in [-0.39, 0.29) is 16.5 Å². The number of hydrogen-bond donors (Lipinski definition) is 2. The second kappa shape index (κ2) is 7.31. The topological polar surface area (TPSA) is 110 Å². The molecular weight excluding hydrogens is 334 g/mol. The summed E-state index contributed by atoms with van der Waals surface area (Å²) in [5.74, 6) is -1.85. The number of carboxylic acid groups (broad SMARTS) is 1. The second-order valence-corrected chi connectivity index (χ2v) is 7.66. The first kappa shape index (κ1) is 18.4. The van der Waals surface area contributed by atoms with Gasteiger partial charge in [-0.15, -0.1) is 0 Å². The minimum Gasteiger partial charge on any atom is -0.481 e. The van der Waals surface area contributed by atoms with Crippen molar-refractivity contribution in [2.75, 3.05) is 7.11 Å². The molecule has 2 rings (SSSR count). The number of hydrogen-bond acceptors (Lipinski definition) is 5. The average Bonchev–Trinajstić information content (AvgIpc) is 2.54. The molecule has 0 spiro atoms. The number of aryl methyl sites for hydroxylation is 1. The highest BCUT2D eigenvalue weighted by Gasteiger charge is 2.29. The van der Waals surface area contributed by atoms with Gasteiger partial charge in [-0.25, -0.2) is 17.9 Å². The van der Waals surface area contributed by atoms with Gasteiger partial charge in [0.1, 0.15) is 0 Å². The molecule has 0 radical (unpaired) electrons. The lowest BCUT2D eigenvalue weighted by atomic mass is 9.87. The molecule has 0 amide bonds. The van der Waals surface area contributed by atoms with Gasteiger partial charge in [0.15, 0.2) is 0 Å². The molecule has 0 atom stereocenters. The van der Waals surface area contributed by atoms with Crippen molar-refractivity contribution in [3.05, 3.63) is 29.3 Å². The molecule has 1 saturated carbocycles. The number of carboxylic acids is 1. The van der Waals surface area contributed by atoms with E-state index in [0.29, 0.717) is 31.2 Å². The smallest absolute Gasteiger partial charge is 0.337 e. The fourth-order valence-electron chi connectivity index (χ4n) is 2.88. The number of carbonyl (C=O) groups excluding carboxylic acids is 1. The molecule has 1 aliphatic carbocycles. The number of ether oxygens (including phenoxy) is 1. The minimum absolute atomic E-state index is 0.0331. The third kappa shape index (κ3) is 4.12. The van der Waals surface area contributed by atoms with Crippen molar-refractivity contribution in [2.45, 2.75) is 43.5 Å². The van der Waals surface area contributed by atoms with Crippen LogP contribution >= 0.6 is 0 Å². The third-order valence-corrected chi connectivity index (χ3v) is 5.96. The number of methoxy groups -OCH3 is 1. The Balaban J connectivity index is 2.16. The Kier molecular flexibility index (Phi) is 5.61. The Morgan fingerprint density at radius 2 is 1.83 bits per heavy atom. The zero-order valence-corrected chi connectivity index (χ0v) is 14.4. The van der Waals surface area contributed by atoms with Gasteiger partial charge >= 0.3 is 11.9 Å². The van der Waals surface area contributed by atoms with Gasteiger partial charge in [0, 0.05) is 6.04 Å². The van der Waals surface area contributed by atoms with E-state index >= 15 is 0 Å². The summed E-state index contributed by atoms with van der Waals surface area (Å²) < 4.78 is 32.5. The maximum atomic E-state index is 12.6. The van der Waals surface area contributed by atoms with Crippen LogP contribution in [0.1, 0.15) is 41.6 Å². The Bertz CT molecular complexity index is 735. The van der Waals surface area contributed by atoms with Crippen molar-refractivity contribution >= 4 is 22.0 Å². The summed E-state index contributed by atoms with van der Waals surface area (Å²) in [4.78, 5) is 22.6. The van der Waals surface area contributed by atoms with E-state index in [1.165, 1.54) is 19.2 Å². The highest BCUT2D eigenvalue weighted by Crippen LogP contribution is 2.26. The lowest BCUT2D eigenvalue weighted by Crippen LogP contribution is -2.39. The van der Waals surface area contributed by atoms with Crippen LogP contribution in [0, 0.1) is 12.8 Å². The van der Waals surface area contributed by atoms with Gasteiger partial charge in [0.05, 0.1) is 23.5 Å². The predicted octanol–water partition coefficient (Wildman–Crippen LogP) is 1.70. The number of benzene rings is 1. The van der Waals surface area contributed by atoms with Crippen molar-refractivity contribution < 1.29 is 27.9 Å². The highest BCUT2D eigenvalue weighted by molar-refractivity contribution is 7.89. The number of nitrogens with one attached hydrogen (secondary N) is 1. The second-order valence-electron chi connectivity index (χ2n) is 5.98. The van der Waals surface area contributed by atoms with E-state index in [2.05, 4.69) is 9.46 Å². The van der Waals surface area contributed by atoms with E-state index in [1.54, 1.807) is 13.0 Å². The summed E-state index contributed by atoms with van der Waals surface area (Å²) in [5, 5.41) is 8.99. The van der Waals surface area contributed by atoms with Gasteiger partial charge in [-0.2, -0.15) is 0 Å². The quantitative estimate of drug-likeness (QED) is 0.778. The summed E-state index contributed by atoms with van der Waals surface area (Å²) in [6.45, 7) is 1.65. The lowest BCUT2D eigenvalue weighted by molar-refractivity contribution is -0.142. The molecule has 1 fully saturated rings. The normalized spacial score (nSPS) is 21.2. The van der Waals surface area contributed by atoms with Crippen molar-refractivity contribution in [3.8, 4) is 0 Å². The maximum Gasteiger partial charge on any atom is 0.337 e. The van der Waals surface area contributed by atoms with E-state index in [9.17, 15) is 18.0 Å². The summed E-state index contributed by atoms with van der Waals surface area (Å²) in [5.41, 5.74) is 0.687. The zero-order chi connectivity index (χ0) is 17.9. The minimum atomic E-state index is -3.80. The molecule has 0 aromatic heterocycles. The molecule has 0 saturated heterocycles. The van der Waals surface area contributed by atoms with Gasteiger partial charge in [-0.05, 0) is 50.3 Å². The lowest BCUT2D eigenvalue weighted by Gasteiger charge is -2.26. The van der Waals surface area contributed by atoms with Crippen LogP contribution in [-0.4, -0.2) is 38.6 Å². The van der Waals surface area contributed by atoms with E-state index in [0.717, 1.165) is 0 Å². The monoisotopic (exact) mass is 355 g/mol. The molecule has 0 heterocycles. The van der Waals surface area contributed by atoms with Crippen molar-refractivity contribution in [2.24, 2.45) is 5.92 Å². The molecule has 132 valence electrons. The fourth-order valence-corrected chi connectivity index (χ4v) is 4.45. The molecule has 1 aliphatic rings. The van der Waals surface area contributed by atoms with Crippen LogP contribution in [0.25, 0.3) is 0 Å². The van der Waals surface area contributed by atoms with Crippen LogP contribution < -0.4 is 4.72 Å². The summed E-state index contributed by atoms with van der Waals surface area (Å²) in [6.07, 6.45) is 1.85. The van der Waals surface area contributed by atoms with Crippen LogP contribution in [0.5, 0.6) is 0 Å². The number of aliphatic carboxylic acids is 1. The van der Waals surface area contributed by atoms with E-state index in [4.69, 9.17) is 5.11 Å². The maximum absolute atomic E-state index is 12.6. The predicted molar refractivity (Wildman–Crippen MR) is 86.2 cm³/mol. The first-order chi connectivity index (χ1) is 11.2. The van der Waals surface area contributed by atoms with Crippen molar-refractivity contribution in [1.29, 1.82) is 0 Å². The molecule has 24 heavy (non-hydrogen) atoms. The molecule has 0 aliphatic heterocycles. The van der Waals surface area contributed by atoms with Crippen LogP contribution in [0.15, 0.2) is 23.1 Å². The van der Waals surface area contributed by atoms with Crippen LogP contribution in [0.3, 0.4) is 0 Å². The van der Waals surface area contributed by atoms with Gasteiger partial charge in [0.25, 0.3) is 0 Å². The molecule has 1 aromatic rings. The zero-order valence-electron chi connectivity index (χ0n) is 13.6. The average molecular weight is 355 g/mol. The third-order valence-electron chi connectivity index (χ3n) is 4.30. The number of esters is 1. The molecular formula is C16H21NO6S. The fraction of sp³-hybridized carbons (Fsp3) is 0.500. The Morgan fingerprint density at radius 3 is 2.38 bits per heavy atom. The standard InChI is InChI=1S/C16H21NO6S/c1-10-3-4-12(16(20)23-2)9-14(10)24(21,22)17-13-7-5-11(6-8-13)15(18)19/h3-4,9,11,13,17H,5-8H2,1-2H3,(H,18,19). The van der Waals surface area contributed by atoms with E-state index < -0.39 is 27.9 Å². The van der Waals surface area contributed by atoms with Gasteiger partial charge < -0.3 is 9.84 Å². The van der Waals surface area contributed by atoms with E-state index in [1.807, 2.05) is 0 Å². The molecule has 0 bridgehead atoms. The van der Waals surface area contributed by atoms with Gasteiger partial charge in [-0.3, -0.25) is 4.79 Å². The molecule has 8 heteroatoms. The van der Waals surface area contributed by atoms with Gasteiger partial charge in [-0.1, -0.05) is 6.07 Å². The van der Waals surface area contributed by atoms with Crippen LogP contribution in [-0.2, 0) is 19.6 Å². The molecule has 1 aromatic carbocycles. The van der Waals surface area contributed by atoms with Crippen molar-refractivity contribution in [3.63, 3.8) is 0 Å². The molecule has 7 nitrogen and oxygen atoms in total. The van der Waals surface area contributed by atoms with Crippen LogP contribution in [0.2, 0.25) is 0 Å². The first-order valence-electron chi connectivity index (χ1n) is 7.68. The summed E-state index contributed by atoms with van der Waals surface area (Å²) in [7, 11) is -2.57. The molecule has 0 unspecified atom stereocenters. The Morgan fingerprint density at radius 1 is 1.21 bits per heavy atom. The van der Waals surface area contributed by atoms with Gasteiger partial charge in [0.2, 0.25) is 10.0 Å². The number of sulfonamides is 1. The summed E-state index contributed by atoms with van der Waals surface area (Å²) in [6, 6.07) is 4.07. The first-order valence-corrected chi connectivity index (χ1v) is 9.17. The highest BCUT2D eigenvalue weighted by atomic mass is 32.2. The molecule has 2 N–H and O–H groups in total.